The number of aromatic amines is 1. The number of thiazole rings is 1. The highest BCUT2D eigenvalue weighted by Gasteiger charge is 2.21. The van der Waals surface area contributed by atoms with Crippen molar-refractivity contribution < 1.29 is 14.7 Å². The van der Waals surface area contributed by atoms with Crippen LogP contribution in [0.3, 0.4) is 0 Å². The van der Waals surface area contributed by atoms with Crippen LogP contribution in [0.4, 0.5) is 0 Å². The summed E-state index contributed by atoms with van der Waals surface area (Å²) in [5.74, 6) is -0.923. The van der Waals surface area contributed by atoms with Crippen molar-refractivity contribution in [1.29, 1.82) is 0 Å². The molecule has 2 aromatic heterocycles. The summed E-state index contributed by atoms with van der Waals surface area (Å²) in [4.78, 5) is 30.9. The van der Waals surface area contributed by atoms with Crippen LogP contribution in [-0.2, 0) is 13.0 Å². The molecule has 0 saturated carbocycles. The monoisotopic (exact) mass is 552 g/mol. The van der Waals surface area contributed by atoms with Gasteiger partial charge in [-0.3, -0.25) is 4.79 Å². The summed E-state index contributed by atoms with van der Waals surface area (Å²) < 4.78 is 1.65. The summed E-state index contributed by atoms with van der Waals surface area (Å²) in [7, 11) is 0. The van der Waals surface area contributed by atoms with E-state index in [-0.39, 0.29) is 12.2 Å². The second-order valence-corrected chi connectivity index (χ2v) is 10.3. The molecule has 10 heteroatoms. The summed E-state index contributed by atoms with van der Waals surface area (Å²) in [6.07, 6.45) is 3.53. The molecule has 0 spiro atoms. The maximum atomic E-state index is 13.0. The Morgan fingerprint density at radius 1 is 0.950 bits per heavy atom. The van der Waals surface area contributed by atoms with Crippen molar-refractivity contribution >= 4 is 23.2 Å². The summed E-state index contributed by atoms with van der Waals surface area (Å²) in [5.41, 5.74) is 4.29. The zero-order valence-electron chi connectivity index (χ0n) is 21.9. The predicted octanol–water partition coefficient (Wildman–Crippen LogP) is 5.62. The highest BCUT2D eigenvalue weighted by Crippen LogP contribution is 2.30. The number of tetrazole rings is 1. The van der Waals surface area contributed by atoms with E-state index < -0.39 is 11.9 Å². The first-order valence-electron chi connectivity index (χ1n) is 13.1. The number of H-pyrrole nitrogens is 1. The van der Waals surface area contributed by atoms with Crippen molar-refractivity contribution in [3.63, 3.8) is 0 Å². The highest BCUT2D eigenvalue weighted by atomic mass is 32.1. The first-order chi connectivity index (χ1) is 19.5. The Labute approximate surface area is 234 Å². The summed E-state index contributed by atoms with van der Waals surface area (Å²) in [5, 5.41) is 24.6. The molecule has 0 saturated heterocycles. The number of hydrogen-bond donors (Lipinski definition) is 2. The minimum atomic E-state index is -1.03. The number of aromatic carboxylic acids is 1. The van der Waals surface area contributed by atoms with Gasteiger partial charge >= 0.3 is 5.97 Å². The number of rotatable bonds is 10. The average molecular weight is 553 g/mol. The number of carboxylic acid groups (broad SMARTS) is 1. The number of carbonyl (C=O) groups is 2. The lowest BCUT2D eigenvalue weighted by molar-refractivity contribution is 0.0683. The number of unbranched alkanes of at least 4 members (excludes halogenated alkanes) is 2. The summed E-state index contributed by atoms with van der Waals surface area (Å²) >= 11 is 1.28. The molecule has 40 heavy (non-hydrogen) atoms. The maximum Gasteiger partial charge on any atom is 0.353 e. The number of aromatic nitrogens is 5. The van der Waals surface area contributed by atoms with Crippen LogP contribution >= 0.6 is 11.3 Å². The molecule has 202 valence electrons. The minimum Gasteiger partial charge on any atom is -0.477 e. The largest absolute Gasteiger partial charge is 0.477 e. The summed E-state index contributed by atoms with van der Waals surface area (Å²) in [6.45, 7) is 2.37. The number of amides is 1. The van der Waals surface area contributed by atoms with Crippen molar-refractivity contribution in [2.75, 3.05) is 0 Å². The molecule has 0 aliphatic carbocycles. The quantitative estimate of drug-likeness (QED) is 0.217. The molecular formula is C30H28N6O3S. The van der Waals surface area contributed by atoms with Crippen molar-refractivity contribution in [2.45, 2.75) is 39.2 Å². The topological polar surface area (TPSA) is 126 Å². The number of nitrogens with one attached hydrogen (secondary N) is 1. The van der Waals surface area contributed by atoms with Gasteiger partial charge in [-0.15, -0.1) is 21.5 Å². The van der Waals surface area contributed by atoms with E-state index in [4.69, 9.17) is 0 Å². The fraction of sp³-hybridized carbons (Fsp3) is 0.200. The van der Waals surface area contributed by atoms with E-state index in [1.54, 1.807) is 28.8 Å². The lowest BCUT2D eigenvalue weighted by atomic mass is 9.98. The molecule has 9 nitrogen and oxygen atoms in total. The van der Waals surface area contributed by atoms with E-state index in [0.717, 1.165) is 46.4 Å². The number of hydrogen-bond acceptors (Lipinski definition) is 6. The van der Waals surface area contributed by atoms with Crippen LogP contribution in [-0.4, -0.2) is 42.2 Å². The lowest BCUT2D eigenvalue weighted by Gasteiger charge is -2.10. The van der Waals surface area contributed by atoms with E-state index in [1.807, 2.05) is 54.6 Å². The van der Waals surface area contributed by atoms with Crippen molar-refractivity contribution in [3.8, 4) is 22.5 Å². The lowest BCUT2D eigenvalue weighted by Crippen LogP contribution is -2.22. The van der Waals surface area contributed by atoms with Crippen LogP contribution in [0.1, 0.15) is 57.5 Å². The Kier molecular flexibility index (Phi) is 8.36. The predicted molar refractivity (Wildman–Crippen MR) is 153 cm³/mol. The molecule has 5 rings (SSSR count). The van der Waals surface area contributed by atoms with Gasteiger partial charge in [-0.2, -0.15) is 10.2 Å². The molecule has 0 unspecified atom stereocenters. The smallest absolute Gasteiger partial charge is 0.353 e. The van der Waals surface area contributed by atoms with E-state index in [9.17, 15) is 14.7 Å². The van der Waals surface area contributed by atoms with Gasteiger partial charge < -0.3 is 9.67 Å². The molecule has 0 aliphatic rings. The third-order valence-electron chi connectivity index (χ3n) is 6.53. The van der Waals surface area contributed by atoms with Gasteiger partial charge in [-0.05, 0) is 46.9 Å². The molecule has 3 aromatic carbocycles. The van der Waals surface area contributed by atoms with Gasteiger partial charge in [0.25, 0.3) is 5.91 Å². The number of benzene rings is 3. The van der Waals surface area contributed by atoms with Crippen LogP contribution in [0.15, 0.2) is 83.9 Å². The van der Waals surface area contributed by atoms with Gasteiger partial charge in [-0.25, -0.2) is 4.79 Å². The molecule has 1 amide bonds. The van der Waals surface area contributed by atoms with Gasteiger partial charge in [0.15, 0.2) is 4.80 Å². The van der Waals surface area contributed by atoms with Crippen molar-refractivity contribution in [2.24, 2.45) is 4.99 Å². The van der Waals surface area contributed by atoms with Crippen molar-refractivity contribution in [3.05, 3.63) is 105 Å². The zero-order chi connectivity index (χ0) is 27.9. The molecule has 2 N–H and O–H groups in total. The normalized spacial score (nSPS) is 11.6. The standard InChI is InChI=1S/C30H28N6O3S/c1-2-3-5-14-25-26(29(38)39)36(30(40-25)31-28(37)22-10-6-4-7-11-22)19-20-15-17-21(18-16-20)23-12-8-9-13-24(23)27-32-34-35-33-27/h4,6-13,15-18H,2-3,5,14,19H2,1H3,(H,38,39)(H,32,33,34,35). The fourth-order valence-electron chi connectivity index (χ4n) is 4.54. The Morgan fingerprint density at radius 3 is 2.35 bits per heavy atom. The number of carboxylic acids is 1. The number of carbonyl (C=O) groups excluding carboxylic acids is 1. The average Bonchev–Trinajstić information content (AvgIpc) is 3.63. The Balaban J connectivity index is 1.52. The van der Waals surface area contributed by atoms with Gasteiger partial charge in [0.2, 0.25) is 5.82 Å². The Bertz CT molecular complexity index is 1670. The highest BCUT2D eigenvalue weighted by molar-refractivity contribution is 7.09. The summed E-state index contributed by atoms with van der Waals surface area (Å²) in [6, 6.07) is 24.5. The van der Waals surface area contributed by atoms with Gasteiger partial charge in [-0.1, -0.05) is 86.5 Å². The van der Waals surface area contributed by atoms with E-state index in [2.05, 4.69) is 32.5 Å². The van der Waals surface area contributed by atoms with Crippen LogP contribution < -0.4 is 4.80 Å². The van der Waals surface area contributed by atoms with Gasteiger partial charge in [0.05, 0.1) is 6.54 Å². The number of aryl methyl sites for hydroxylation is 1. The Morgan fingerprint density at radius 2 is 1.68 bits per heavy atom. The molecule has 0 fully saturated rings. The molecule has 0 radical (unpaired) electrons. The van der Waals surface area contributed by atoms with E-state index in [0.29, 0.717) is 22.6 Å². The zero-order valence-corrected chi connectivity index (χ0v) is 22.8. The van der Waals surface area contributed by atoms with Crippen LogP contribution in [0.2, 0.25) is 0 Å². The van der Waals surface area contributed by atoms with Gasteiger partial charge in [0, 0.05) is 16.0 Å². The first-order valence-corrected chi connectivity index (χ1v) is 13.9. The molecular weight excluding hydrogens is 524 g/mol. The van der Waals surface area contributed by atoms with Crippen molar-refractivity contribution in [1.82, 2.24) is 25.2 Å². The van der Waals surface area contributed by atoms with Gasteiger partial charge in [0.1, 0.15) is 5.69 Å². The fourth-order valence-corrected chi connectivity index (χ4v) is 5.70. The number of nitrogens with zero attached hydrogens (tertiary/aromatic N) is 5. The Hall–Kier alpha value is -4.70. The van der Waals surface area contributed by atoms with Crippen LogP contribution in [0.5, 0.6) is 0 Å². The van der Waals surface area contributed by atoms with E-state index >= 15 is 0 Å². The SMILES string of the molecule is CCCCCc1sc(=NC(=O)c2ccccc2)n(Cc2ccc(-c3ccccc3-c3nn[nH]n3)cc2)c1C(=O)O. The molecule has 0 atom stereocenters. The third kappa shape index (κ3) is 5.97. The third-order valence-corrected chi connectivity index (χ3v) is 7.66. The second-order valence-electron chi connectivity index (χ2n) is 9.27. The first kappa shape index (κ1) is 26.9. The molecule has 0 bridgehead atoms. The molecule has 2 heterocycles. The molecule has 0 aliphatic heterocycles. The second kappa shape index (κ2) is 12.4. The van der Waals surface area contributed by atoms with Crippen LogP contribution in [0, 0.1) is 0 Å². The minimum absolute atomic E-state index is 0.187. The van der Waals surface area contributed by atoms with E-state index in [1.165, 1.54) is 11.3 Å². The van der Waals surface area contributed by atoms with Crippen LogP contribution in [0.25, 0.3) is 22.5 Å². The maximum absolute atomic E-state index is 13.0. The molecule has 5 aromatic rings.